The number of carbonyl (C=O) groups excluding carboxylic acids is 1. The molecule has 1 aromatic heterocycles. The van der Waals surface area contributed by atoms with Crippen molar-refractivity contribution in [1.29, 1.82) is 0 Å². The highest BCUT2D eigenvalue weighted by molar-refractivity contribution is 7.07. The van der Waals surface area contributed by atoms with Crippen molar-refractivity contribution < 1.29 is 14.6 Å². The van der Waals surface area contributed by atoms with Crippen LogP contribution in [0.3, 0.4) is 0 Å². The summed E-state index contributed by atoms with van der Waals surface area (Å²) >= 11 is 1.55. The Bertz CT molecular complexity index is 673. The highest BCUT2D eigenvalue weighted by atomic mass is 32.1. The third-order valence-electron chi connectivity index (χ3n) is 3.84. The zero-order valence-electron chi connectivity index (χ0n) is 13.7. The van der Waals surface area contributed by atoms with Gasteiger partial charge in [0.1, 0.15) is 6.10 Å². The standard InChI is InChI=1S/C17H21N3O3S/c1-11(2)23-16-8-20(7-15(16)21)17(22)19-13-5-3-12(4-6-13)14-9-24-10-18-14/h3-6,9-11,15-16,21H,7-8H2,1-2H3,(H,19,22)/t15-,16-/m0/s1. The summed E-state index contributed by atoms with van der Waals surface area (Å²) in [7, 11) is 0. The summed E-state index contributed by atoms with van der Waals surface area (Å²) in [6.45, 7) is 4.50. The highest BCUT2D eigenvalue weighted by Gasteiger charge is 2.35. The van der Waals surface area contributed by atoms with Gasteiger partial charge in [0.2, 0.25) is 0 Å². The van der Waals surface area contributed by atoms with Gasteiger partial charge in [0.05, 0.1) is 36.5 Å². The first-order valence-corrected chi connectivity index (χ1v) is 8.85. The van der Waals surface area contributed by atoms with Crippen molar-refractivity contribution in [3.63, 3.8) is 0 Å². The second-order valence-corrected chi connectivity index (χ2v) is 6.80. The molecule has 1 aliphatic heterocycles. The van der Waals surface area contributed by atoms with Crippen LogP contribution < -0.4 is 5.32 Å². The summed E-state index contributed by atoms with van der Waals surface area (Å²) < 4.78 is 5.63. The van der Waals surface area contributed by atoms with E-state index in [0.717, 1.165) is 11.3 Å². The molecule has 1 fully saturated rings. The predicted molar refractivity (Wildman–Crippen MR) is 94.2 cm³/mol. The Morgan fingerprint density at radius 3 is 2.75 bits per heavy atom. The van der Waals surface area contributed by atoms with Crippen LogP contribution in [0.2, 0.25) is 0 Å². The van der Waals surface area contributed by atoms with Crippen molar-refractivity contribution in [2.45, 2.75) is 32.2 Å². The Labute approximate surface area is 145 Å². The molecule has 2 amide bonds. The van der Waals surface area contributed by atoms with Gasteiger partial charge in [-0.1, -0.05) is 12.1 Å². The lowest BCUT2D eigenvalue weighted by molar-refractivity contribution is -0.0393. The first-order valence-electron chi connectivity index (χ1n) is 7.91. The van der Waals surface area contributed by atoms with Gasteiger partial charge >= 0.3 is 6.03 Å². The molecular formula is C17H21N3O3S. The summed E-state index contributed by atoms with van der Waals surface area (Å²) in [5.41, 5.74) is 4.44. The largest absolute Gasteiger partial charge is 0.388 e. The highest BCUT2D eigenvalue weighted by Crippen LogP contribution is 2.22. The number of carbonyl (C=O) groups is 1. The van der Waals surface area contributed by atoms with Crippen molar-refractivity contribution in [1.82, 2.24) is 9.88 Å². The molecule has 2 atom stereocenters. The van der Waals surface area contributed by atoms with Gasteiger partial charge in [0.15, 0.2) is 0 Å². The van der Waals surface area contributed by atoms with E-state index in [-0.39, 0.29) is 24.8 Å². The van der Waals surface area contributed by atoms with Crippen LogP contribution in [0.1, 0.15) is 13.8 Å². The molecule has 2 heterocycles. The quantitative estimate of drug-likeness (QED) is 0.892. The maximum atomic E-state index is 12.3. The van der Waals surface area contributed by atoms with Gasteiger partial charge in [-0.25, -0.2) is 9.78 Å². The Morgan fingerprint density at radius 1 is 1.38 bits per heavy atom. The topological polar surface area (TPSA) is 74.7 Å². The molecular weight excluding hydrogens is 326 g/mol. The van der Waals surface area contributed by atoms with Gasteiger partial charge in [-0.3, -0.25) is 0 Å². The zero-order valence-corrected chi connectivity index (χ0v) is 14.5. The van der Waals surface area contributed by atoms with Crippen molar-refractivity contribution >= 4 is 23.1 Å². The minimum Gasteiger partial charge on any atom is -0.388 e. The predicted octanol–water partition coefficient (Wildman–Crippen LogP) is 2.81. The van der Waals surface area contributed by atoms with Crippen LogP contribution in [0.5, 0.6) is 0 Å². The fraction of sp³-hybridized carbons (Fsp3) is 0.412. The number of hydrogen-bond donors (Lipinski definition) is 2. The Kier molecular flexibility index (Phi) is 5.13. The zero-order chi connectivity index (χ0) is 17.1. The first-order chi connectivity index (χ1) is 11.5. The first kappa shape index (κ1) is 16.9. The summed E-state index contributed by atoms with van der Waals surface area (Å²) in [6.07, 6.45) is -0.959. The van der Waals surface area contributed by atoms with E-state index in [2.05, 4.69) is 10.3 Å². The van der Waals surface area contributed by atoms with Gasteiger partial charge in [0.25, 0.3) is 0 Å². The number of thiazole rings is 1. The number of ether oxygens (including phenoxy) is 1. The lowest BCUT2D eigenvalue weighted by Gasteiger charge is -2.18. The molecule has 2 aromatic rings. The van der Waals surface area contributed by atoms with E-state index in [4.69, 9.17) is 4.74 Å². The van der Waals surface area contributed by atoms with Gasteiger partial charge in [-0.15, -0.1) is 11.3 Å². The van der Waals surface area contributed by atoms with Gasteiger partial charge < -0.3 is 20.1 Å². The normalized spacial score (nSPS) is 20.6. The second kappa shape index (κ2) is 7.29. The molecule has 128 valence electrons. The summed E-state index contributed by atoms with van der Waals surface area (Å²) in [5.74, 6) is 0. The molecule has 24 heavy (non-hydrogen) atoms. The number of anilines is 1. The van der Waals surface area contributed by atoms with Crippen LogP contribution in [0, 0.1) is 0 Å². The van der Waals surface area contributed by atoms with Crippen molar-refractivity contribution in [3.05, 3.63) is 35.2 Å². The Hall–Kier alpha value is -1.96. The number of benzene rings is 1. The number of urea groups is 1. The lowest BCUT2D eigenvalue weighted by atomic mass is 10.1. The molecule has 3 rings (SSSR count). The van der Waals surface area contributed by atoms with E-state index in [1.54, 1.807) is 21.7 Å². The molecule has 6 nitrogen and oxygen atoms in total. The molecule has 0 unspecified atom stereocenters. The minimum atomic E-state index is -0.648. The number of hydrogen-bond acceptors (Lipinski definition) is 5. The fourth-order valence-corrected chi connectivity index (χ4v) is 3.25. The molecule has 0 bridgehead atoms. The average Bonchev–Trinajstić information content (AvgIpc) is 3.18. The maximum absolute atomic E-state index is 12.3. The van der Waals surface area contributed by atoms with E-state index < -0.39 is 6.10 Å². The van der Waals surface area contributed by atoms with Crippen LogP contribution in [-0.2, 0) is 4.74 Å². The van der Waals surface area contributed by atoms with E-state index in [0.29, 0.717) is 12.2 Å². The monoisotopic (exact) mass is 347 g/mol. The smallest absolute Gasteiger partial charge is 0.322 e. The number of β-amino-alcohol motifs (C(OH)–C–C–N with tert-alkyl or cyclic N) is 1. The van der Waals surface area contributed by atoms with E-state index in [1.165, 1.54) is 0 Å². The van der Waals surface area contributed by atoms with Crippen LogP contribution >= 0.6 is 11.3 Å². The molecule has 2 N–H and O–H groups in total. The molecule has 1 saturated heterocycles. The SMILES string of the molecule is CC(C)O[C@H]1CN(C(=O)Nc2ccc(-c3cscn3)cc2)C[C@@H]1O. The number of aliphatic hydroxyl groups excluding tert-OH is 1. The molecule has 1 aliphatic rings. The fourth-order valence-electron chi connectivity index (χ4n) is 2.69. The maximum Gasteiger partial charge on any atom is 0.322 e. The van der Waals surface area contributed by atoms with Crippen molar-refractivity contribution in [2.75, 3.05) is 18.4 Å². The van der Waals surface area contributed by atoms with E-state index >= 15 is 0 Å². The van der Waals surface area contributed by atoms with Crippen molar-refractivity contribution in [3.8, 4) is 11.3 Å². The van der Waals surface area contributed by atoms with Gasteiger partial charge in [-0.2, -0.15) is 0 Å². The summed E-state index contributed by atoms with van der Waals surface area (Å²) in [5, 5.41) is 14.8. The Balaban J connectivity index is 1.59. The molecule has 0 saturated carbocycles. The molecule has 1 aromatic carbocycles. The number of rotatable bonds is 4. The molecule has 0 spiro atoms. The van der Waals surface area contributed by atoms with Gasteiger partial charge in [-0.05, 0) is 26.0 Å². The van der Waals surface area contributed by atoms with E-state index in [1.807, 2.05) is 43.5 Å². The third kappa shape index (κ3) is 3.92. The lowest BCUT2D eigenvalue weighted by Crippen LogP contribution is -2.34. The summed E-state index contributed by atoms with van der Waals surface area (Å²) in [4.78, 5) is 18.2. The second-order valence-electron chi connectivity index (χ2n) is 6.08. The van der Waals surface area contributed by atoms with Crippen LogP contribution in [-0.4, -0.2) is 52.4 Å². The van der Waals surface area contributed by atoms with Crippen LogP contribution in [0.25, 0.3) is 11.3 Å². The number of likely N-dealkylation sites (tertiary alicyclic amines) is 1. The minimum absolute atomic E-state index is 0.0194. The van der Waals surface area contributed by atoms with Gasteiger partial charge in [0, 0.05) is 16.6 Å². The Morgan fingerprint density at radius 2 is 2.12 bits per heavy atom. The molecule has 0 radical (unpaired) electrons. The number of aromatic nitrogens is 1. The summed E-state index contributed by atoms with van der Waals surface area (Å²) in [6, 6.07) is 7.32. The number of aliphatic hydroxyl groups is 1. The van der Waals surface area contributed by atoms with Crippen LogP contribution in [0.4, 0.5) is 10.5 Å². The number of nitrogens with zero attached hydrogens (tertiary/aromatic N) is 2. The molecule has 0 aliphatic carbocycles. The van der Waals surface area contributed by atoms with E-state index in [9.17, 15) is 9.90 Å². The number of nitrogens with one attached hydrogen (secondary N) is 1. The van der Waals surface area contributed by atoms with Crippen LogP contribution in [0.15, 0.2) is 35.2 Å². The van der Waals surface area contributed by atoms with Crippen molar-refractivity contribution in [2.24, 2.45) is 0 Å². The number of amides is 2. The average molecular weight is 347 g/mol. The molecule has 7 heteroatoms. The third-order valence-corrected chi connectivity index (χ3v) is 4.42.